The molecule has 1 aliphatic rings. The number of aliphatic imine (C=N–C) groups is 1. The van der Waals surface area contributed by atoms with Crippen molar-refractivity contribution >= 4 is 47.2 Å². The molecule has 1 saturated heterocycles. The van der Waals surface area contributed by atoms with E-state index < -0.39 is 0 Å². The van der Waals surface area contributed by atoms with E-state index >= 15 is 0 Å². The highest BCUT2D eigenvalue weighted by Gasteiger charge is 2.15. The lowest BCUT2D eigenvalue weighted by molar-refractivity contribution is -0.130. The monoisotopic (exact) mass is 507 g/mol. The molecular formula is C19H34IN5OS. The molecule has 8 heteroatoms. The first-order valence-corrected chi connectivity index (χ1v) is 10.8. The van der Waals surface area contributed by atoms with Crippen LogP contribution in [-0.4, -0.2) is 54.5 Å². The zero-order valence-electron chi connectivity index (χ0n) is 16.6. The lowest BCUT2D eigenvalue weighted by Crippen LogP contribution is -2.38. The zero-order chi connectivity index (χ0) is 18.6. The summed E-state index contributed by atoms with van der Waals surface area (Å²) in [5.41, 5.74) is 0. The first-order valence-electron chi connectivity index (χ1n) is 9.96. The van der Waals surface area contributed by atoms with E-state index in [9.17, 15) is 4.79 Å². The van der Waals surface area contributed by atoms with Gasteiger partial charge in [-0.25, -0.2) is 4.98 Å². The standard InChI is InChI=1S/C19H33N5OS.HI/c1-3-16-15-23-17(26-16)10-12-22-19(20-4-2)21-11-8-14-24-13-7-5-6-9-18(24)25;/h15H,3-14H2,1-2H3,(H2,20,21,22);1H. The molecule has 0 bridgehead atoms. The van der Waals surface area contributed by atoms with Gasteiger partial charge in [0.1, 0.15) is 0 Å². The Balaban J connectivity index is 0.00000364. The molecule has 0 aliphatic carbocycles. The van der Waals surface area contributed by atoms with Crippen LogP contribution in [0.4, 0.5) is 0 Å². The van der Waals surface area contributed by atoms with Gasteiger partial charge in [0.2, 0.25) is 5.91 Å². The lowest BCUT2D eigenvalue weighted by Gasteiger charge is -2.20. The molecule has 1 fully saturated rings. The van der Waals surface area contributed by atoms with E-state index in [1.54, 1.807) is 11.3 Å². The van der Waals surface area contributed by atoms with Gasteiger partial charge in [0.05, 0.1) is 5.01 Å². The Labute approximate surface area is 184 Å². The zero-order valence-corrected chi connectivity index (χ0v) is 19.8. The van der Waals surface area contributed by atoms with Crippen molar-refractivity contribution in [3.8, 4) is 0 Å². The highest BCUT2D eigenvalue weighted by atomic mass is 127. The van der Waals surface area contributed by atoms with E-state index in [0.717, 1.165) is 70.8 Å². The normalized spacial score (nSPS) is 15.3. The molecule has 1 amide bonds. The summed E-state index contributed by atoms with van der Waals surface area (Å²) in [5, 5.41) is 7.83. The summed E-state index contributed by atoms with van der Waals surface area (Å²) in [5.74, 6) is 1.16. The Morgan fingerprint density at radius 1 is 1.30 bits per heavy atom. The molecule has 2 rings (SSSR count). The van der Waals surface area contributed by atoms with Gasteiger partial charge >= 0.3 is 0 Å². The third-order valence-corrected chi connectivity index (χ3v) is 5.65. The molecule has 1 aromatic rings. The first kappa shape index (κ1) is 24.1. The fourth-order valence-corrected chi connectivity index (χ4v) is 3.85. The number of hydrogen-bond donors (Lipinski definition) is 2. The van der Waals surface area contributed by atoms with Crippen LogP contribution in [0, 0.1) is 0 Å². The molecule has 0 radical (unpaired) electrons. The van der Waals surface area contributed by atoms with Gasteiger partial charge < -0.3 is 15.5 Å². The van der Waals surface area contributed by atoms with E-state index in [0.29, 0.717) is 12.3 Å². The van der Waals surface area contributed by atoms with Crippen LogP contribution in [0.5, 0.6) is 0 Å². The highest BCUT2D eigenvalue weighted by molar-refractivity contribution is 14.0. The second kappa shape index (κ2) is 14.1. The number of aryl methyl sites for hydroxylation is 1. The predicted octanol–water partition coefficient (Wildman–Crippen LogP) is 3.21. The van der Waals surface area contributed by atoms with Gasteiger partial charge in [0.15, 0.2) is 5.96 Å². The van der Waals surface area contributed by atoms with Gasteiger partial charge in [-0.1, -0.05) is 13.3 Å². The lowest BCUT2D eigenvalue weighted by atomic mass is 10.2. The number of carbonyl (C=O) groups is 1. The minimum Gasteiger partial charge on any atom is -0.357 e. The average molecular weight is 507 g/mol. The number of carbonyl (C=O) groups excluding carboxylic acids is 1. The van der Waals surface area contributed by atoms with Crippen LogP contribution in [-0.2, 0) is 17.6 Å². The van der Waals surface area contributed by atoms with Gasteiger partial charge in [0.25, 0.3) is 0 Å². The fourth-order valence-electron chi connectivity index (χ4n) is 2.98. The second-order valence-electron chi connectivity index (χ2n) is 6.56. The van der Waals surface area contributed by atoms with Crippen molar-refractivity contribution < 1.29 is 4.79 Å². The Morgan fingerprint density at radius 3 is 2.89 bits per heavy atom. The first-order chi connectivity index (χ1) is 12.7. The molecule has 0 aromatic carbocycles. The van der Waals surface area contributed by atoms with Crippen LogP contribution < -0.4 is 10.6 Å². The summed E-state index contributed by atoms with van der Waals surface area (Å²) in [6, 6.07) is 0. The Bertz CT molecular complexity index is 578. The smallest absolute Gasteiger partial charge is 0.222 e. The Morgan fingerprint density at radius 2 is 2.15 bits per heavy atom. The van der Waals surface area contributed by atoms with Crippen LogP contribution in [0.15, 0.2) is 11.2 Å². The number of hydrogen-bond acceptors (Lipinski definition) is 4. The van der Waals surface area contributed by atoms with Crippen LogP contribution >= 0.6 is 35.3 Å². The number of aromatic nitrogens is 1. The maximum Gasteiger partial charge on any atom is 0.222 e. The Hall–Kier alpha value is -0.900. The predicted molar refractivity (Wildman–Crippen MR) is 124 cm³/mol. The van der Waals surface area contributed by atoms with Gasteiger partial charge in [0, 0.05) is 56.6 Å². The quantitative estimate of drug-likeness (QED) is 0.233. The maximum absolute atomic E-state index is 12.0. The minimum atomic E-state index is 0. The van der Waals surface area contributed by atoms with E-state index in [2.05, 4.69) is 34.5 Å². The molecule has 154 valence electrons. The SMILES string of the molecule is CCNC(=NCCCN1CCCCCC1=O)NCCc1ncc(CC)s1.I. The van der Waals surface area contributed by atoms with E-state index in [-0.39, 0.29) is 24.0 Å². The third-order valence-electron chi connectivity index (χ3n) is 4.45. The molecule has 1 aromatic heterocycles. The maximum atomic E-state index is 12.0. The van der Waals surface area contributed by atoms with Gasteiger partial charge in [-0.05, 0) is 32.6 Å². The number of thiazole rings is 1. The van der Waals surface area contributed by atoms with Crippen molar-refractivity contribution in [2.75, 3.05) is 32.7 Å². The van der Waals surface area contributed by atoms with Crippen molar-refractivity contribution in [3.63, 3.8) is 0 Å². The van der Waals surface area contributed by atoms with Gasteiger partial charge in [-0.3, -0.25) is 9.79 Å². The topological polar surface area (TPSA) is 69.6 Å². The van der Waals surface area contributed by atoms with Crippen molar-refractivity contribution in [1.29, 1.82) is 0 Å². The van der Waals surface area contributed by atoms with E-state index in [1.807, 2.05) is 11.1 Å². The van der Waals surface area contributed by atoms with Crippen LogP contribution in [0.3, 0.4) is 0 Å². The average Bonchev–Trinajstić information content (AvgIpc) is 3.01. The van der Waals surface area contributed by atoms with Gasteiger partial charge in [-0.2, -0.15) is 0 Å². The van der Waals surface area contributed by atoms with Crippen molar-refractivity contribution in [2.24, 2.45) is 4.99 Å². The third kappa shape index (κ3) is 9.23. The van der Waals surface area contributed by atoms with Crippen LogP contribution in [0.1, 0.15) is 55.8 Å². The molecule has 2 heterocycles. The van der Waals surface area contributed by atoms with Crippen molar-refractivity contribution in [3.05, 3.63) is 16.1 Å². The van der Waals surface area contributed by atoms with Crippen LogP contribution in [0.2, 0.25) is 0 Å². The van der Waals surface area contributed by atoms with Crippen molar-refractivity contribution in [2.45, 2.75) is 58.8 Å². The number of rotatable bonds is 9. The molecule has 0 atom stereocenters. The molecule has 2 N–H and O–H groups in total. The number of likely N-dealkylation sites (tertiary alicyclic amines) is 1. The number of nitrogens with one attached hydrogen (secondary N) is 2. The largest absolute Gasteiger partial charge is 0.357 e. The van der Waals surface area contributed by atoms with Crippen molar-refractivity contribution in [1.82, 2.24) is 20.5 Å². The molecule has 0 unspecified atom stereocenters. The molecule has 0 spiro atoms. The molecule has 6 nitrogen and oxygen atoms in total. The van der Waals surface area contributed by atoms with Crippen LogP contribution in [0.25, 0.3) is 0 Å². The minimum absolute atomic E-state index is 0. The molecular weight excluding hydrogens is 473 g/mol. The Kier molecular flexibility index (Phi) is 12.6. The molecule has 1 aliphatic heterocycles. The number of halogens is 1. The number of guanidine groups is 1. The summed E-state index contributed by atoms with van der Waals surface area (Å²) < 4.78 is 0. The van der Waals surface area contributed by atoms with E-state index in [1.165, 1.54) is 16.3 Å². The van der Waals surface area contributed by atoms with E-state index in [4.69, 9.17) is 0 Å². The molecule has 0 saturated carbocycles. The number of amides is 1. The second-order valence-corrected chi connectivity index (χ2v) is 7.76. The fraction of sp³-hybridized carbons (Fsp3) is 0.737. The van der Waals surface area contributed by atoms with Gasteiger partial charge in [-0.15, -0.1) is 35.3 Å². The summed E-state index contributed by atoms with van der Waals surface area (Å²) >= 11 is 1.79. The highest BCUT2D eigenvalue weighted by Crippen LogP contribution is 2.13. The summed E-state index contributed by atoms with van der Waals surface area (Å²) in [7, 11) is 0. The summed E-state index contributed by atoms with van der Waals surface area (Å²) in [6.07, 6.45) is 8.92. The summed E-state index contributed by atoms with van der Waals surface area (Å²) in [4.78, 5) is 24.4. The summed E-state index contributed by atoms with van der Waals surface area (Å²) in [6.45, 7) is 8.36. The number of nitrogens with zero attached hydrogens (tertiary/aromatic N) is 3. The molecule has 27 heavy (non-hydrogen) atoms.